The number of hydrogen-bond donors (Lipinski definition) is 1. The molecule has 0 aliphatic carbocycles. The third-order valence-corrected chi connectivity index (χ3v) is 3.98. The second-order valence-corrected chi connectivity index (χ2v) is 5.61. The van der Waals surface area contributed by atoms with Crippen LogP contribution in [0.1, 0.15) is 22.0 Å². The maximum Gasteiger partial charge on any atom is 0.350 e. The molecule has 0 radical (unpaired) electrons. The molecule has 0 unspecified atom stereocenters. The number of ether oxygens (including phenoxy) is 1. The van der Waals surface area contributed by atoms with E-state index in [0.717, 1.165) is 0 Å². The fraction of sp³-hybridized carbons (Fsp3) is 0.200. The summed E-state index contributed by atoms with van der Waals surface area (Å²) < 4.78 is 14.9. The minimum absolute atomic E-state index is 0.135. The number of furan rings is 1. The highest BCUT2D eigenvalue weighted by Gasteiger charge is 2.16. The van der Waals surface area contributed by atoms with Crippen LogP contribution in [-0.4, -0.2) is 29.1 Å². The van der Waals surface area contributed by atoms with E-state index in [2.05, 4.69) is 20.2 Å². The average Bonchev–Trinajstić information content (AvgIpc) is 3.32. The quantitative estimate of drug-likeness (QED) is 0.683. The summed E-state index contributed by atoms with van der Waals surface area (Å²) in [6.45, 7) is 0. The number of methoxy groups -OCH3 is 1. The molecule has 3 rings (SSSR count). The lowest BCUT2D eigenvalue weighted by molar-refractivity contribution is -0.116. The number of carbonyl (C=O) groups is 2. The zero-order valence-electron chi connectivity index (χ0n) is 12.6. The highest BCUT2D eigenvalue weighted by molar-refractivity contribution is 7.12. The Morgan fingerprint density at radius 3 is 3.00 bits per heavy atom. The first-order valence-corrected chi connectivity index (χ1v) is 7.87. The van der Waals surface area contributed by atoms with Gasteiger partial charge in [-0.05, 0) is 23.6 Å². The Balaban J connectivity index is 1.57. The van der Waals surface area contributed by atoms with Gasteiger partial charge in [0.1, 0.15) is 4.88 Å². The van der Waals surface area contributed by atoms with E-state index in [0.29, 0.717) is 28.0 Å². The standard InChI is InChI=1S/C15H13N3O5S/c1-21-15(20)13-9(6-8-24-13)16-11(19)4-5-12-17-14(18-23-12)10-3-2-7-22-10/h2-3,6-8H,4-5H2,1H3,(H,16,19). The van der Waals surface area contributed by atoms with Crippen molar-refractivity contribution in [1.29, 1.82) is 0 Å². The van der Waals surface area contributed by atoms with Crippen LogP contribution < -0.4 is 5.32 Å². The molecule has 3 heterocycles. The molecule has 0 fully saturated rings. The Kier molecular flexibility index (Phi) is 4.71. The van der Waals surface area contributed by atoms with Gasteiger partial charge in [0, 0.05) is 12.8 Å². The number of amides is 1. The second kappa shape index (κ2) is 7.09. The molecule has 3 aromatic heterocycles. The molecule has 0 atom stereocenters. The fourth-order valence-corrected chi connectivity index (χ4v) is 2.72. The normalized spacial score (nSPS) is 10.5. The summed E-state index contributed by atoms with van der Waals surface area (Å²) in [7, 11) is 1.29. The van der Waals surface area contributed by atoms with Crippen molar-refractivity contribution < 1.29 is 23.3 Å². The summed E-state index contributed by atoms with van der Waals surface area (Å²) >= 11 is 1.20. The SMILES string of the molecule is COC(=O)c1sccc1NC(=O)CCc1nc(-c2ccco2)no1. The predicted octanol–water partition coefficient (Wildman–Crippen LogP) is 2.75. The molecule has 124 valence electrons. The third-order valence-electron chi connectivity index (χ3n) is 3.09. The van der Waals surface area contributed by atoms with Crippen molar-refractivity contribution in [3.05, 3.63) is 40.6 Å². The Morgan fingerprint density at radius 1 is 1.38 bits per heavy atom. The first-order valence-electron chi connectivity index (χ1n) is 6.99. The molecular formula is C15H13N3O5S. The van der Waals surface area contributed by atoms with Crippen molar-refractivity contribution >= 4 is 28.9 Å². The monoisotopic (exact) mass is 347 g/mol. The third kappa shape index (κ3) is 3.51. The number of esters is 1. The number of nitrogens with one attached hydrogen (secondary N) is 1. The molecule has 0 bridgehead atoms. The first-order chi connectivity index (χ1) is 11.7. The van der Waals surface area contributed by atoms with Gasteiger partial charge in [-0.25, -0.2) is 4.79 Å². The molecule has 0 aliphatic heterocycles. The summed E-state index contributed by atoms with van der Waals surface area (Å²) in [5, 5.41) is 8.17. The van der Waals surface area contributed by atoms with E-state index >= 15 is 0 Å². The number of anilines is 1. The maximum atomic E-state index is 12.0. The van der Waals surface area contributed by atoms with E-state index in [1.54, 1.807) is 23.6 Å². The average molecular weight is 347 g/mol. The van der Waals surface area contributed by atoms with Gasteiger partial charge in [0.2, 0.25) is 17.6 Å². The molecule has 0 spiro atoms. The molecule has 8 nitrogen and oxygen atoms in total. The molecule has 1 amide bonds. The van der Waals surface area contributed by atoms with Crippen molar-refractivity contribution in [2.45, 2.75) is 12.8 Å². The van der Waals surface area contributed by atoms with E-state index in [1.807, 2.05) is 0 Å². The number of aromatic nitrogens is 2. The van der Waals surface area contributed by atoms with E-state index in [-0.39, 0.29) is 18.7 Å². The lowest BCUT2D eigenvalue weighted by Gasteiger charge is -2.04. The summed E-state index contributed by atoms with van der Waals surface area (Å²) in [6.07, 6.45) is 1.92. The van der Waals surface area contributed by atoms with Crippen LogP contribution in [-0.2, 0) is 16.0 Å². The van der Waals surface area contributed by atoms with Gasteiger partial charge in [-0.2, -0.15) is 4.98 Å². The van der Waals surface area contributed by atoms with E-state index in [4.69, 9.17) is 8.94 Å². The maximum absolute atomic E-state index is 12.0. The van der Waals surface area contributed by atoms with Crippen molar-refractivity contribution in [2.75, 3.05) is 12.4 Å². The predicted molar refractivity (Wildman–Crippen MR) is 84.6 cm³/mol. The van der Waals surface area contributed by atoms with Crippen molar-refractivity contribution in [3.8, 4) is 11.6 Å². The fourth-order valence-electron chi connectivity index (χ4n) is 1.95. The van der Waals surface area contributed by atoms with Crippen LogP contribution in [0.5, 0.6) is 0 Å². The summed E-state index contributed by atoms with van der Waals surface area (Å²) in [6, 6.07) is 5.08. The molecule has 0 saturated carbocycles. The van der Waals surface area contributed by atoms with Crippen molar-refractivity contribution in [2.24, 2.45) is 0 Å². The largest absolute Gasteiger partial charge is 0.465 e. The minimum Gasteiger partial charge on any atom is -0.465 e. The smallest absolute Gasteiger partial charge is 0.350 e. The van der Waals surface area contributed by atoms with E-state index in [1.165, 1.54) is 24.7 Å². The number of aryl methyl sites for hydroxylation is 1. The number of nitrogens with zero attached hydrogens (tertiary/aromatic N) is 2. The van der Waals surface area contributed by atoms with E-state index in [9.17, 15) is 9.59 Å². The van der Waals surface area contributed by atoms with Crippen LogP contribution in [0.25, 0.3) is 11.6 Å². The lowest BCUT2D eigenvalue weighted by Crippen LogP contribution is -2.14. The Morgan fingerprint density at radius 2 is 2.25 bits per heavy atom. The molecule has 0 aliphatic rings. The van der Waals surface area contributed by atoms with Crippen LogP contribution in [0.15, 0.2) is 38.8 Å². The van der Waals surface area contributed by atoms with Crippen LogP contribution >= 0.6 is 11.3 Å². The van der Waals surface area contributed by atoms with Gasteiger partial charge in [0.15, 0.2) is 5.76 Å². The lowest BCUT2D eigenvalue weighted by atomic mass is 10.3. The zero-order chi connectivity index (χ0) is 16.9. The van der Waals surface area contributed by atoms with Gasteiger partial charge >= 0.3 is 5.97 Å². The van der Waals surface area contributed by atoms with Crippen LogP contribution in [0.2, 0.25) is 0 Å². The molecule has 0 saturated heterocycles. The Hall–Kier alpha value is -2.94. The molecular weight excluding hydrogens is 334 g/mol. The van der Waals surface area contributed by atoms with Gasteiger partial charge in [0.05, 0.1) is 19.1 Å². The molecule has 9 heteroatoms. The van der Waals surface area contributed by atoms with E-state index < -0.39 is 5.97 Å². The highest BCUT2D eigenvalue weighted by atomic mass is 32.1. The molecule has 1 N–H and O–H groups in total. The molecule has 0 aromatic carbocycles. The summed E-state index contributed by atoms with van der Waals surface area (Å²) in [4.78, 5) is 28.1. The number of thiophene rings is 1. The van der Waals surface area contributed by atoms with Gasteiger partial charge < -0.3 is 19.0 Å². The van der Waals surface area contributed by atoms with Crippen LogP contribution in [0.3, 0.4) is 0 Å². The minimum atomic E-state index is -0.486. The number of carbonyl (C=O) groups excluding carboxylic acids is 2. The Labute approximate surface area is 140 Å². The van der Waals surface area contributed by atoms with Gasteiger partial charge in [-0.15, -0.1) is 11.3 Å². The Bertz CT molecular complexity index is 837. The van der Waals surface area contributed by atoms with Crippen LogP contribution in [0, 0.1) is 0 Å². The highest BCUT2D eigenvalue weighted by Crippen LogP contribution is 2.23. The zero-order valence-corrected chi connectivity index (χ0v) is 13.5. The topological polar surface area (TPSA) is 107 Å². The molecule has 24 heavy (non-hydrogen) atoms. The number of rotatable bonds is 6. The van der Waals surface area contributed by atoms with Gasteiger partial charge in [0.25, 0.3) is 0 Å². The van der Waals surface area contributed by atoms with Crippen LogP contribution in [0.4, 0.5) is 5.69 Å². The van der Waals surface area contributed by atoms with Gasteiger partial charge in [-0.1, -0.05) is 5.16 Å². The first kappa shape index (κ1) is 15.9. The van der Waals surface area contributed by atoms with Crippen molar-refractivity contribution in [3.63, 3.8) is 0 Å². The summed E-state index contributed by atoms with van der Waals surface area (Å²) in [5.74, 6) is 0.406. The van der Waals surface area contributed by atoms with Crippen molar-refractivity contribution in [1.82, 2.24) is 10.1 Å². The number of hydrogen-bond acceptors (Lipinski definition) is 8. The molecule has 3 aromatic rings. The van der Waals surface area contributed by atoms with Gasteiger partial charge in [-0.3, -0.25) is 4.79 Å². The second-order valence-electron chi connectivity index (χ2n) is 4.69. The summed E-state index contributed by atoms with van der Waals surface area (Å²) in [5.41, 5.74) is 0.429.